The summed E-state index contributed by atoms with van der Waals surface area (Å²) in [5.41, 5.74) is 1.37. The Labute approximate surface area is 192 Å². The van der Waals surface area contributed by atoms with Crippen LogP contribution in [0.5, 0.6) is 5.75 Å². The van der Waals surface area contributed by atoms with Gasteiger partial charge in [0.25, 0.3) is 10.2 Å². The number of nitrogens with zero attached hydrogens (tertiary/aromatic N) is 2. The predicted octanol–water partition coefficient (Wildman–Crippen LogP) is 2.22. The average Bonchev–Trinajstić information content (AvgIpc) is 3.30. The van der Waals surface area contributed by atoms with E-state index >= 15 is 0 Å². The minimum atomic E-state index is -3.72. The molecular formula is C22H27N5O5S. The Morgan fingerprint density at radius 2 is 1.85 bits per heavy atom. The number of methoxy groups -OCH3 is 1. The van der Waals surface area contributed by atoms with Crippen molar-refractivity contribution >= 4 is 16.0 Å². The normalized spacial score (nSPS) is 12.4. The van der Waals surface area contributed by atoms with Crippen molar-refractivity contribution in [1.29, 1.82) is 0 Å². The molecule has 1 unspecified atom stereocenters. The molecule has 2 aromatic carbocycles. The van der Waals surface area contributed by atoms with E-state index in [1.165, 1.54) is 0 Å². The van der Waals surface area contributed by atoms with Crippen molar-refractivity contribution in [2.24, 2.45) is 5.14 Å². The SMILES string of the molecule is COc1ccc(-c2noc(C(CCCCNS(N)(=O)=O)NCC(=O)c3ccccc3)n2)cc1. The zero-order chi connectivity index (χ0) is 23.7. The number of ether oxygens (including phenoxy) is 1. The van der Waals surface area contributed by atoms with Crippen LogP contribution in [0, 0.1) is 0 Å². The Kier molecular flexibility index (Phi) is 8.66. The molecule has 3 rings (SSSR count). The summed E-state index contributed by atoms with van der Waals surface area (Å²) in [4.78, 5) is 17.0. The number of aromatic nitrogens is 2. The molecule has 176 valence electrons. The minimum absolute atomic E-state index is 0.0635. The number of unbranched alkanes of at least 4 members (excludes halogenated alkanes) is 1. The van der Waals surface area contributed by atoms with E-state index in [0.29, 0.717) is 36.5 Å². The Bertz CT molecular complexity index is 1130. The van der Waals surface area contributed by atoms with Crippen molar-refractivity contribution in [3.63, 3.8) is 0 Å². The highest BCUT2D eigenvalue weighted by Gasteiger charge is 2.20. The van der Waals surface area contributed by atoms with Gasteiger partial charge in [-0.1, -0.05) is 41.9 Å². The predicted molar refractivity (Wildman–Crippen MR) is 123 cm³/mol. The first kappa shape index (κ1) is 24.5. The Morgan fingerprint density at radius 3 is 2.52 bits per heavy atom. The van der Waals surface area contributed by atoms with Gasteiger partial charge in [0.1, 0.15) is 5.75 Å². The molecule has 0 aliphatic rings. The summed E-state index contributed by atoms with van der Waals surface area (Å²) in [6, 6.07) is 15.9. The molecule has 11 heteroatoms. The maximum Gasteiger partial charge on any atom is 0.274 e. The smallest absolute Gasteiger partial charge is 0.274 e. The van der Waals surface area contributed by atoms with Crippen molar-refractivity contribution in [2.75, 3.05) is 20.2 Å². The molecule has 0 aliphatic carbocycles. The molecule has 0 aliphatic heterocycles. The van der Waals surface area contributed by atoms with Gasteiger partial charge in [-0.15, -0.1) is 0 Å². The molecule has 0 fully saturated rings. The zero-order valence-electron chi connectivity index (χ0n) is 18.2. The number of benzene rings is 2. The van der Waals surface area contributed by atoms with Crippen molar-refractivity contribution < 1.29 is 22.5 Å². The summed E-state index contributed by atoms with van der Waals surface area (Å²) >= 11 is 0. The summed E-state index contributed by atoms with van der Waals surface area (Å²) in [5.74, 6) is 1.42. The van der Waals surface area contributed by atoms with E-state index in [2.05, 4.69) is 20.2 Å². The fourth-order valence-electron chi connectivity index (χ4n) is 3.18. The molecule has 4 N–H and O–H groups in total. The third-order valence-corrected chi connectivity index (χ3v) is 5.52. The van der Waals surface area contributed by atoms with E-state index in [9.17, 15) is 13.2 Å². The standard InChI is InChI=1S/C22H27N5O5S/c1-31-18-12-10-17(11-13-18)21-26-22(32-27-21)19(9-5-6-14-25-33(23,29)30)24-15-20(28)16-7-3-2-4-8-16/h2-4,7-8,10-13,19,24-25H,5-6,9,14-15H2,1H3,(H2,23,29,30). The lowest BCUT2D eigenvalue weighted by Crippen LogP contribution is -2.31. The highest BCUT2D eigenvalue weighted by molar-refractivity contribution is 7.87. The summed E-state index contributed by atoms with van der Waals surface area (Å²) < 4.78 is 34.9. The quantitative estimate of drug-likeness (QED) is 0.253. The van der Waals surface area contributed by atoms with E-state index < -0.39 is 10.2 Å². The average molecular weight is 474 g/mol. The molecule has 3 aromatic rings. The number of Topliss-reactive ketones (excluding diaryl/α,β-unsaturated/α-hetero) is 1. The van der Waals surface area contributed by atoms with Crippen LogP contribution < -0.4 is 19.9 Å². The number of hydrogen-bond donors (Lipinski definition) is 3. The summed E-state index contributed by atoms with van der Waals surface area (Å²) in [7, 11) is -2.13. The van der Waals surface area contributed by atoms with Crippen LogP contribution in [-0.4, -0.2) is 44.5 Å². The molecule has 10 nitrogen and oxygen atoms in total. The summed E-state index contributed by atoms with van der Waals surface area (Å²) in [6.45, 7) is 0.305. The molecule has 0 saturated carbocycles. The lowest BCUT2D eigenvalue weighted by molar-refractivity contribution is 0.0984. The molecular weight excluding hydrogens is 446 g/mol. The molecule has 1 atom stereocenters. The van der Waals surface area contributed by atoms with Crippen LogP contribution in [0.1, 0.15) is 41.6 Å². The van der Waals surface area contributed by atoms with E-state index in [4.69, 9.17) is 14.4 Å². The monoisotopic (exact) mass is 473 g/mol. The van der Waals surface area contributed by atoms with Gasteiger partial charge < -0.3 is 9.26 Å². The number of ketones is 1. The lowest BCUT2D eigenvalue weighted by atomic mass is 10.1. The number of nitrogens with one attached hydrogen (secondary N) is 2. The van der Waals surface area contributed by atoms with Crippen LogP contribution in [0.25, 0.3) is 11.4 Å². The van der Waals surface area contributed by atoms with Crippen LogP contribution in [0.4, 0.5) is 0 Å². The third-order valence-electron chi connectivity index (χ3n) is 4.92. The van der Waals surface area contributed by atoms with Gasteiger partial charge in [-0.2, -0.15) is 13.4 Å². The second-order valence-electron chi connectivity index (χ2n) is 7.34. The second kappa shape index (κ2) is 11.7. The van der Waals surface area contributed by atoms with Gasteiger partial charge in [0.2, 0.25) is 11.7 Å². The van der Waals surface area contributed by atoms with Gasteiger partial charge in [-0.25, -0.2) is 9.86 Å². The van der Waals surface area contributed by atoms with Gasteiger partial charge >= 0.3 is 0 Å². The number of carbonyl (C=O) groups is 1. The number of rotatable bonds is 13. The van der Waals surface area contributed by atoms with Crippen molar-refractivity contribution in [2.45, 2.75) is 25.3 Å². The van der Waals surface area contributed by atoms with Crippen LogP contribution in [0.15, 0.2) is 59.1 Å². The first-order chi connectivity index (χ1) is 15.9. The van der Waals surface area contributed by atoms with E-state index in [1.807, 2.05) is 30.3 Å². The Hall–Kier alpha value is -3.12. The number of hydrogen-bond acceptors (Lipinski definition) is 8. The lowest BCUT2D eigenvalue weighted by Gasteiger charge is -2.14. The Morgan fingerprint density at radius 1 is 1.12 bits per heavy atom. The topological polar surface area (TPSA) is 149 Å². The van der Waals surface area contributed by atoms with Gasteiger partial charge in [0, 0.05) is 17.7 Å². The molecule has 0 bridgehead atoms. The fraction of sp³-hybridized carbons (Fsp3) is 0.318. The molecule has 0 saturated heterocycles. The first-order valence-corrected chi connectivity index (χ1v) is 12.0. The highest BCUT2D eigenvalue weighted by Crippen LogP contribution is 2.24. The summed E-state index contributed by atoms with van der Waals surface area (Å²) in [5, 5.41) is 12.2. The number of carbonyl (C=O) groups excluding carboxylic acids is 1. The van der Waals surface area contributed by atoms with E-state index in [1.54, 1.807) is 31.4 Å². The maximum atomic E-state index is 12.5. The van der Waals surface area contributed by atoms with Crippen LogP contribution >= 0.6 is 0 Å². The van der Waals surface area contributed by atoms with Crippen LogP contribution in [-0.2, 0) is 10.2 Å². The van der Waals surface area contributed by atoms with Crippen molar-refractivity contribution in [1.82, 2.24) is 20.2 Å². The van der Waals surface area contributed by atoms with Crippen molar-refractivity contribution in [3.8, 4) is 17.1 Å². The van der Waals surface area contributed by atoms with Gasteiger partial charge in [-0.05, 0) is 37.1 Å². The van der Waals surface area contributed by atoms with Crippen LogP contribution in [0.2, 0.25) is 0 Å². The molecule has 0 radical (unpaired) electrons. The highest BCUT2D eigenvalue weighted by atomic mass is 32.2. The van der Waals surface area contributed by atoms with Gasteiger partial charge in [0.05, 0.1) is 19.7 Å². The third kappa shape index (κ3) is 7.75. The number of nitrogens with two attached hydrogens (primary N) is 1. The fourth-order valence-corrected chi connectivity index (χ4v) is 3.61. The first-order valence-electron chi connectivity index (χ1n) is 10.4. The zero-order valence-corrected chi connectivity index (χ0v) is 19.0. The molecule has 0 amide bonds. The van der Waals surface area contributed by atoms with Crippen LogP contribution in [0.3, 0.4) is 0 Å². The molecule has 1 aromatic heterocycles. The summed E-state index contributed by atoms with van der Waals surface area (Å²) in [6.07, 6.45) is 1.75. The largest absolute Gasteiger partial charge is 0.497 e. The maximum absolute atomic E-state index is 12.5. The van der Waals surface area contributed by atoms with Gasteiger partial charge in [0.15, 0.2) is 5.78 Å². The van der Waals surface area contributed by atoms with E-state index in [-0.39, 0.29) is 24.9 Å². The molecule has 0 spiro atoms. The minimum Gasteiger partial charge on any atom is -0.497 e. The van der Waals surface area contributed by atoms with E-state index in [0.717, 1.165) is 11.3 Å². The molecule has 33 heavy (non-hydrogen) atoms. The Balaban J connectivity index is 1.67. The van der Waals surface area contributed by atoms with Gasteiger partial charge in [-0.3, -0.25) is 10.1 Å². The van der Waals surface area contributed by atoms with Crippen molar-refractivity contribution in [3.05, 3.63) is 66.1 Å². The molecule has 1 heterocycles. The second-order valence-corrected chi connectivity index (χ2v) is 8.72.